The van der Waals surface area contributed by atoms with E-state index in [1.165, 1.54) is 4.57 Å². The zero-order valence-electron chi connectivity index (χ0n) is 11.2. The van der Waals surface area contributed by atoms with Crippen molar-refractivity contribution >= 4 is 0 Å². The quantitative estimate of drug-likeness (QED) is 0.856. The second-order valence-electron chi connectivity index (χ2n) is 4.63. The molecule has 0 spiro atoms. The van der Waals surface area contributed by atoms with Crippen molar-refractivity contribution < 1.29 is 13.5 Å². The van der Waals surface area contributed by atoms with Gasteiger partial charge in [-0.25, -0.2) is 8.78 Å². The van der Waals surface area contributed by atoms with Crippen molar-refractivity contribution in [2.24, 2.45) is 0 Å². The van der Waals surface area contributed by atoms with Crippen LogP contribution < -0.4 is 10.3 Å². The summed E-state index contributed by atoms with van der Waals surface area (Å²) in [7, 11) is 0. The fraction of sp³-hybridized carbons (Fsp3) is 0.267. The lowest BCUT2D eigenvalue weighted by atomic mass is 10.2. The number of ether oxygens (including phenoxy) is 1. The van der Waals surface area contributed by atoms with Gasteiger partial charge in [-0.1, -0.05) is 0 Å². The molecule has 0 bridgehead atoms. The highest BCUT2D eigenvalue weighted by Crippen LogP contribution is 2.19. The molecule has 5 heteroatoms. The Hall–Kier alpha value is -2.17. The van der Waals surface area contributed by atoms with Crippen LogP contribution in [0.25, 0.3) is 5.69 Å². The molecule has 1 aromatic heterocycles. The Bertz CT molecular complexity index is 633. The molecule has 0 atom stereocenters. The third-order valence-electron chi connectivity index (χ3n) is 2.67. The summed E-state index contributed by atoms with van der Waals surface area (Å²) in [6, 6.07) is 9.01. The van der Waals surface area contributed by atoms with Gasteiger partial charge in [0.25, 0.3) is 12.0 Å². The lowest BCUT2D eigenvalue weighted by Crippen LogP contribution is -2.17. The van der Waals surface area contributed by atoms with Crippen LogP contribution in [0.5, 0.6) is 5.75 Å². The van der Waals surface area contributed by atoms with E-state index in [2.05, 4.69) is 0 Å². The SMILES string of the molecule is CC(C)Oc1ccc(-n2cc(C(F)F)ccc2=O)cc1. The Morgan fingerprint density at radius 1 is 1.05 bits per heavy atom. The predicted molar refractivity (Wildman–Crippen MR) is 72.8 cm³/mol. The molecule has 0 fully saturated rings. The second kappa shape index (κ2) is 5.86. The highest BCUT2D eigenvalue weighted by Gasteiger charge is 2.09. The number of hydrogen-bond acceptors (Lipinski definition) is 2. The largest absolute Gasteiger partial charge is 0.491 e. The zero-order chi connectivity index (χ0) is 14.7. The van der Waals surface area contributed by atoms with E-state index in [1.807, 2.05) is 13.8 Å². The third-order valence-corrected chi connectivity index (χ3v) is 2.67. The van der Waals surface area contributed by atoms with Crippen molar-refractivity contribution in [3.05, 3.63) is 58.5 Å². The van der Waals surface area contributed by atoms with E-state index in [1.54, 1.807) is 24.3 Å². The second-order valence-corrected chi connectivity index (χ2v) is 4.63. The number of nitrogens with zero attached hydrogens (tertiary/aromatic N) is 1. The molecular weight excluding hydrogens is 264 g/mol. The fourth-order valence-corrected chi connectivity index (χ4v) is 1.79. The number of hydrogen-bond donors (Lipinski definition) is 0. The van der Waals surface area contributed by atoms with Crippen molar-refractivity contribution in [3.63, 3.8) is 0 Å². The molecule has 3 nitrogen and oxygen atoms in total. The molecule has 0 saturated heterocycles. The average molecular weight is 279 g/mol. The molecule has 20 heavy (non-hydrogen) atoms. The summed E-state index contributed by atoms with van der Waals surface area (Å²) in [4.78, 5) is 11.7. The summed E-state index contributed by atoms with van der Waals surface area (Å²) < 4.78 is 32.0. The Balaban J connectivity index is 2.36. The monoisotopic (exact) mass is 279 g/mol. The molecule has 0 radical (unpaired) electrons. The molecule has 0 aliphatic rings. The Kier molecular flexibility index (Phi) is 4.17. The summed E-state index contributed by atoms with van der Waals surface area (Å²) in [6.45, 7) is 3.81. The lowest BCUT2D eigenvalue weighted by molar-refractivity contribution is 0.150. The molecule has 2 rings (SSSR count). The van der Waals surface area contributed by atoms with Gasteiger partial charge < -0.3 is 4.74 Å². The highest BCUT2D eigenvalue weighted by atomic mass is 19.3. The third kappa shape index (κ3) is 3.23. The van der Waals surface area contributed by atoms with Gasteiger partial charge in [-0.3, -0.25) is 9.36 Å². The minimum Gasteiger partial charge on any atom is -0.491 e. The first-order valence-corrected chi connectivity index (χ1v) is 6.25. The first kappa shape index (κ1) is 14.2. The minimum atomic E-state index is -2.61. The molecule has 1 aromatic carbocycles. The van der Waals surface area contributed by atoms with Gasteiger partial charge in [-0.2, -0.15) is 0 Å². The van der Waals surface area contributed by atoms with Crippen LogP contribution in [0.1, 0.15) is 25.8 Å². The molecule has 0 amide bonds. The van der Waals surface area contributed by atoms with E-state index in [9.17, 15) is 13.6 Å². The standard InChI is InChI=1S/C15H15F2NO2/c1-10(2)20-13-6-4-12(5-7-13)18-9-11(15(16)17)3-8-14(18)19/h3-10,15H,1-2H3. The van der Waals surface area contributed by atoms with Gasteiger partial charge >= 0.3 is 0 Å². The normalized spacial score (nSPS) is 11.1. The molecule has 2 aromatic rings. The predicted octanol–water partition coefficient (Wildman–Crippen LogP) is 3.56. The van der Waals surface area contributed by atoms with Gasteiger partial charge in [0.15, 0.2) is 0 Å². The summed E-state index contributed by atoms with van der Waals surface area (Å²) >= 11 is 0. The van der Waals surface area contributed by atoms with Crippen molar-refractivity contribution in [2.75, 3.05) is 0 Å². The van der Waals surface area contributed by atoms with E-state index in [4.69, 9.17) is 4.74 Å². The van der Waals surface area contributed by atoms with Crippen molar-refractivity contribution in [3.8, 4) is 11.4 Å². The van der Waals surface area contributed by atoms with Gasteiger partial charge in [0.1, 0.15) is 5.75 Å². The maximum Gasteiger partial charge on any atom is 0.265 e. The molecule has 106 valence electrons. The van der Waals surface area contributed by atoms with Gasteiger partial charge in [0.2, 0.25) is 0 Å². The molecule has 0 aliphatic heterocycles. The smallest absolute Gasteiger partial charge is 0.265 e. The van der Waals surface area contributed by atoms with Crippen molar-refractivity contribution in [1.29, 1.82) is 0 Å². The molecule has 0 unspecified atom stereocenters. The van der Waals surface area contributed by atoms with Crippen LogP contribution >= 0.6 is 0 Å². The number of halogens is 2. The summed E-state index contributed by atoms with van der Waals surface area (Å²) in [5.41, 5.74) is -0.0207. The number of pyridine rings is 1. The maximum absolute atomic E-state index is 12.7. The summed E-state index contributed by atoms with van der Waals surface area (Å²) in [5, 5.41) is 0. The Morgan fingerprint density at radius 3 is 2.25 bits per heavy atom. The molecule has 0 N–H and O–H groups in total. The number of alkyl halides is 2. The maximum atomic E-state index is 12.7. The summed E-state index contributed by atoms with van der Waals surface area (Å²) in [6.07, 6.45) is -1.40. The topological polar surface area (TPSA) is 31.2 Å². The number of aromatic nitrogens is 1. The molecule has 0 saturated carbocycles. The molecular formula is C15H15F2NO2. The first-order valence-electron chi connectivity index (χ1n) is 6.25. The van der Waals surface area contributed by atoms with Crippen LogP contribution in [-0.4, -0.2) is 10.7 Å². The van der Waals surface area contributed by atoms with Gasteiger partial charge in [0, 0.05) is 23.5 Å². The van der Waals surface area contributed by atoms with E-state index in [0.717, 1.165) is 18.3 Å². The zero-order valence-corrected chi connectivity index (χ0v) is 11.2. The van der Waals surface area contributed by atoms with Crippen molar-refractivity contribution in [2.45, 2.75) is 26.4 Å². The summed E-state index contributed by atoms with van der Waals surface area (Å²) in [5.74, 6) is 0.668. The number of benzene rings is 1. The van der Waals surface area contributed by atoms with Gasteiger partial charge in [0.05, 0.1) is 6.10 Å². The van der Waals surface area contributed by atoms with Crippen LogP contribution in [0.15, 0.2) is 47.4 Å². The lowest BCUT2D eigenvalue weighted by Gasteiger charge is -2.11. The minimum absolute atomic E-state index is 0.0470. The average Bonchev–Trinajstić information content (AvgIpc) is 2.39. The van der Waals surface area contributed by atoms with Crippen LogP contribution in [0.3, 0.4) is 0 Å². The van der Waals surface area contributed by atoms with E-state index < -0.39 is 6.43 Å². The highest BCUT2D eigenvalue weighted by molar-refractivity contribution is 5.38. The van der Waals surface area contributed by atoms with Crippen LogP contribution in [0.4, 0.5) is 8.78 Å². The van der Waals surface area contributed by atoms with Gasteiger partial charge in [-0.05, 0) is 44.2 Å². The van der Waals surface area contributed by atoms with E-state index in [-0.39, 0.29) is 17.2 Å². The van der Waals surface area contributed by atoms with Crippen LogP contribution in [0.2, 0.25) is 0 Å². The molecule has 1 heterocycles. The molecule has 0 aliphatic carbocycles. The van der Waals surface area contributed by atoms with Gasteiger partial charge in [-0.15, -0.1) is 0 Å². The van der Waals surface area contributed by atoms with Crippen LogP contribution in [0, 0.1) is 0 Å². The Morgan fingerprint density at radius 2 is 1.70 bits per heavy atom. The first-order chi connectivity index (χ1) is 9.47. The van der Waals surface area contributed by atoms with E-state index in [0.29, 0.717) is 11.4 Å². The number of rotatable bonds is 4. The van der Waals surface area contributed by atoms with Crippen molar-refractivity contribution in [1.82, 2.24) is 4.57 Å². The fourth-order valence-electron chi connectivity index (χ4n) is 1.79. The van der Waals surface area contributed by atoms with E-state index >= 15 is 0 Å². The Labute approximate surface area is 115 Å². The van der Waals surface area contributed by atoms with Crippen LogP contribution in [-0.2, 0) is 0 Å².